The van der Waals surface area contributed by atoms with Crippen molar-refractivity contribution in [2.24, 2.45) is 0 Å². The van der Waals surface area contributed by atoms with Crippen molar-refractivity contribution in [1.82, 2.24) is 9.88 Å². The Kier molecular flexibility index (Phi) is 5.67. The molecule has 1 N–H and O–H groups in total. The van der Waals surface area contributed by atoms with Gasteiger partial charge < -0.3 is 15.0 Å². The fraction of sp³-hybridized carbons (Fsp3) is 0.136. The molecule has 0 aliphatic carbocycles. The number of aromatic nitrogens is 1. The number of hydrogen-bond acceptors (Lipinski definition) is 5. The van der Waals surface area contributed by atoms with E-state index in [1.165, 1.54) is 17.0 Å². The maximum Gasteiger partial charge on any atom is 0.573 e. The second kappa shape index (κ2) is 8.58. The minimum absolute atomic E-state index is 0.0757. The Morgan fingerprint density at radius 3 is 2.38 bits per heavy atom. The van der Waals surface area contributed by atoms with Gasteiger partial charge in [-0.1, -0.05) is 18.2 Å². The van der Waals surface area contributed by atoms with Crippen LogP contribution in [0.1, 0.15) is 5.69 Å². The maximum atomic E-state index is 12.9. The lowest BCUT2D eigenvalue weighted by atomic mass is 10.2. The zero-order valence-corrected chi connectivity index (χ0v) is 16.5. The summed E-state index contributed by atoms with van der Waals surface area (Å²) in [6.07, 6.45) is -3.24. The largest absolute Gasteiger partial charge is 0.573 e. The van der Waals surface area contributed by atoms with E-state index in [9.17, 15) is 22.8 Å². The number of nitrogens with one attached hydrogen (secondary N) is 1. The van der Waals surface area contributed by atoms with Gasteiger partial charge in [-0.3, -0.25) is 9.78 Å². The first-order valence-electron chi connectivity index (χ1n) is 9.54. The number of carbonyl (C=O) groups is 2. The molecule has 0 spiro atoms. The van der Waals surface area contributed by atoms with Crippen LogP contribution < -0.4 is 15.0 Å². The Bertz CT molecular complexity index is 1120. The molecule has 164 valence electrons. The number of amides is 3. The Labute approximate surface area is 181 Å². The lowest BCUT2D eigenvalue weighted by molar-refractivity contribution is -0.274. The summed E-state index contributed by atoms with van der Waals surface area (Å²) in [6, 6.07) is 16.9. The molecular formula is C22H17F3N4O3. The number of pyridine rings is 1. The van der Waals surface area contributed by atoms with E-state index < -0.39 is 24.1 Å². The van der Waals surface area contributed by atoms with Gasteiger partial charge in [-0.05, 0) is 48.5 Å². The van der Waals surface area contributed by atoms with Crippen molar-refractivity contribution >= 4 is 29.0 Å². The van der Waals surface area contributed by atoms with Crippen molar-refractivity contribution in [3.63, 3.8) is 0 Å². The van der Waals surface area contributed by atoms with Crippen LogP contribution in [0.4, 0.5) is 35.0 Å². The number of alkyl halides is 3. The third-order valence-corrected chi connectivity index (χ3v) is 4.65. The fourth-order valence-electron chi connectivity index (χ4n) is 3.26. The number of rotatable bonds is 6. The van der Waals surface area contributed by atoms with Gasteiger partial charge in [0.2, 0.25) is 0 Å². The first-order chi connectivity index (χ1) is 15.3. The monoisotopic (exact) mass is 442 g/mol. The summed E-state index contributed by atoms with van der Waals surface area (Å²) in [4.78, 5) is 31.9. The third-order valence-electron chi connectivity index (χ3n) is 4.65. The number of halogens is 3. The smallest absolute Gasteiger partial charge is 0.406 e. The SMILES string of the molecule is O=C1CN(Cc2ncccc2Nc2ccccc2)C(=O)N1c1ccc(OC(F)(F)F)cc1. The second-order valence-corrected chi connectivity index (χ2v) is 6.90. The Morgan fingerprint density at radius 2 is 1.69 bits per heavy atom. The molecule has 0 unspecified atom stereocenters. The number of ether oxygens (including phenoxy) is 1. The topological polar surface area (TPSA) is 74.8 Å². The molecule has 2 heterocycles. The van der Waals surface area contributed by atoms with E-state index in [0.717, 1.165) is 22.7 Å². The first kappa shape index (κ1) is 21.2. The maximum absolute atomic E-state index is 12.9. The van der Waals surface area contributed by atoms with Crippen molar-refractivity contribution in [3.05, 3.63) is 78.6 Å². The number of carbonyl (C=O) groups excluding carboxylic acids is 2. The molecule has 3 aromatic rings. The number of para-hydroxylation sites is 1. The van der Waals surface area contributed by atoms with Gasteiger partial charge in [0.25, 0.3) is 5.91 Å². The van der Waals surface area contributed by atoms with Crippen LogP contribution >= 0.6 is 0 Å². The molecule has 1 aliphatic rings. The van der Waals surface area contributed by atoms with Crippen LogP contribution in [0, 0.1) is 0 Å². The Balaban J connectivity index is 1.49. The Hall–Kier alpha value is -4.08. The van der Waals surface area contributed by atoms with Crippen molar-refractivity contribution < 1.29 is 27.5 Å². The zero-order valence-electron chi connectivity index (χ0n) is 16.5. The summed E-state index contributed by atoms with van der Waals surface area (Å²) in [5.74, 6) is -0.935. The summed E-state index contributed by atoms with van der Waals surface area (Å²) in [6.45, 7) is -0.104. The van der Waals surface area contributed by atoms with Crippen molar-refractivity contribution in [2.45, 2.75) is 12.9 Å². The number of nitrogens with zero attached hydrogens (tertiary/aromatic N) is 3. The van der Waals surface area contributed by atoms with E-state index in [1.807, 2.05) is 36.4 Å². The molecule has 1 aliphatic heterocycles. The summed E-state index contributed by atoms with van der Waals surface area (Å²) in [7, 11) is 0. The molecular weight excluding hydrogens is 425 g/mol. The molecule has 1 saturated heterocycles. The number of benzene rings is 2. The molecule has 2 aromatic carbocycles. The van der Waals surface area contributed by atoms with Gasteiger partial charge in [0.15, 0.2) is 0 Å². The number of hydrogen-bond donors (Lipinski definition) is 1. The summed E-state index contributed by atoms with van der Waals surface area (Å²) in [5, 5.41) is 3.24. The van der Waals surface area contributed by atoms with E-state index in [4.69, 9.17) is 0 Å². The minimum Gasteiger partial charge on any atom is -0.406 e. The first-order valence-corrected chi connectivity index (χ1v) is 9.54. The molecule has 0 atom stereocenters. The van der Waals surface area contributed by atoms with Gasteiger partial charge in [-0.15, -0.1) is 13.2 Å². The molecule has 32 heavy (non-hydrogen) atoms. The number of imide groups is 1. The molecule has 7 nitrogen and oxygen atoms in total. The second-order valence-electron chi connectivity index (χ2n) is 6.90. The van der Waals surface area contributed by atoms with Crippen LogP contribution in [-0.4, -0.2) is 34.7 Å². The van der Waals surface area contributed by atoms with Crippen LogP contribution in [0.3, 0.4) is 0 Å². The van der Waals surface area contributed by atoms with Crippen molar-refractivity contribution in [2.75, 3.05) is 16.8 Å². The predicted octanol–water partition coefficient (Wildman–Crippen LogP) is 4.69. The molecule has 1 aromatic heterocycles. The summed E-state index contributed by atoms with van der Waals surface area (Å²) in [5.41, 5.74) is 2.24. The molecule has 4 rings (SSSR count). The van der Waals surface area contributed by atoms with E-state index in [2.05, 4.69) is 15.0 Å². The normalized spacial score (nSPS) is 14.1. The van der Waals surface area contributed by atoms with Crippen molar-refractivity contribution in [1.29, 1.82) is 0 Å². The van der Waals surface area contributed by atoms with Gasteiger partial charge in [-0.25, -0.2) is 9.69 Å². The van der Waals surface area contributed by atoms with Crippen LogP contribution in [0.15, 0.2) is 72.9 Å². The molecule has 3 amide bonds. The average Bonchev–Trinajstić information content (AvgIpc) is 3.03. The highest BCUT2D eigenvalue weighted by Crippen LogP contribution is 2.28. The Morgan fingerprint density at radius 1 is 0.969 bits per heavy atom. The molecule has 0 bridgehead atoms. The van der Waals surface area contributed by atoms with E-state index in [0.29, 0.717) is 11.4 Å². The fourth-order valence-corrected chi connectivity index (χ4v) is 3.26. The van der Waals surface area contributed by atoms with Gasteiger partial charge in [0, 0.05) is 11.9 Å². The van der Waals surface area contributed by atoms with Crippen LogP contribution in [0.5, 0.6) is 5.75 Å². The summed E-state index contributed by atoms with van der Waals surface area (Å²) >= 11 is 0. The van der Waals surface area contributed by atoms with Gasteiger partial charge >= 0.3 is 12.4 Å². The zero-order chi connectivity index (χ0) is 22.7. The highest BCUT2D eigenvalue weighted by atomic mass is 19.4. The molecule has 10 heteroatoms. The lowest BCUT2D eigenvalue weighted by Crippen LogP contribution is -2.33. The quantitative estimate of drug-likeness (QED) is 0.561. The molecule has 1 fully saturated rings. The number of urea groups is 1. The average molecular weight is 442 g/mol. The highest BCUT2D eigenvalue weighted by Gasteiger charge is 2.38. The summed E-state index contributed by atoms with van der Waals surface area (Å²) < 4.78 is 40.8. The van der Waals surface area contributed by atoms with Gasteiger partial charge in [0.05, 0.1) is 23.6 Å². The van der Waals surface area contributed by atoms with Gasteiger partial charge in [0.1, 0.15) is 12.3 Å². The third kappa shape index (κ3) is 4.80. The van der Waals surface area contributed by atoms with E-state index in [1.54, 1.807) is 12.3 Å². The van der Waals surface area contributed by atoms with E-state index in [-0.39, 0.29) is 18.8 Å². The minimum atomic E-state index is -4.83. The van der Waals surface area contributed by atoms with E-state index >= 15 is 0 Å². The highest BCUT2D eigenvalue weighted by molar-refractivity contribution is 6.19. The predicted molar refractivity (Wildman–Crippen MR) is 110 cm³/mol. The standard InChI is InChI=1S/C22H17F3N4O3/c23-22(24,25)32-17-10-8-16(9-11-17)29-20(30)14-28(21(29)31)13-19-18(7-4-12-26-19)27-15-5-2-1-3-6-15/h1-12,27H,13-14H2. The van der Waals surface area contributed by atoms with Crippen LogP contribution in [0.25, 0.3) is 0 Å². The molecule has 0 saturated carbocycles. The van der Waals surface area contributed by atoms with Gasteiger partial charge in [-0.2, -0.15) is 0 Å². The van der Waals surface area contributed by atoms with Crippen LogP contribution in [0.2, 0.25) is 0 Å². The molecule has 0 radical (unpaired) electrons. The lowest BCUT2D eigenvalue weighted by Gasteiger charge is -2.19. The van der Waals surface area contributed by atoms with Crippen LogP contribution in [-0.2, 0) is 11.3 Å². The van der Waals surface area contributed by atoms with Crippen molar-refractivity contribution in [3.8, 4) is 5.75 Å². The number of anilines is 3.